The number of ether oxygens (including phenoxy) is 1. The van der Waals surface area contributed by atoms with Crippen LogP contribution < -0.4 is 5.32 Å². The molecule has 1 fully saturated rings. The zero-order chi connectivity index (χ0) is 9.52. The van der Waals surface area contributed by atoms with E-state index in [9.17, 15) is 4.79 Å². The average molecular weight is 185 g/mol. The first kappa shape index (κ1) is 10.5. The van der Waals surface area contributed by atoms with Gasteiger partial charge in [0, 0.05) is 0 Å². The summed E-state index contributed by atoms with van der Waals surface area (Å²) in [5.74, 6) is 0. The summed E-state index contributed by atoms with van der Waals surface area (Å²) in [6.45, 7) is 2.02. The highest BCUT2D eigenvalue weighted by atomic mass is 16.5. The van der Waals surface area contributed by atoms with Crippen molar-refractivity contribution in [2.75, 3.05) is 0 Å². The predicted molar refractivity (Wildman–Crippen MR) is 51.2 cm³/mol. The molecule has 3 nitrogen and oxygen atoms in total. The van der Waals surface area contributed by atoms with Crippen LogP contribution in [-0.4, -0.2) is 18.7 Å². The maximum atomic E-state index is 10.2. The molecule has 1 unspecified atom stereocenters. The van der Waals surface area contributed by atoms with Crippen molar-refractivity contribution in [3.63, 3.8) is 0 Å². The van der Waals surface area contributed by atoms with E-state index in [4.69, 9.17) is 4.74 Å². The van der Waals surface area contributed by atoms with E-state index < -0.39 is 0 Å². The van der Waals surface area contributed by atoms with Crippen LogP contribution in [0.3, 0.4) is 0 Å². The second kappa shape index (κ2) is 5.97. The summed E-state index contributed by atoms with van der Waals surface area (Å²) < 4.78 is 5.74. The number of amides is 1. The Morgan fingerprint density at radius 3 is 2.69 bits per heavy atom. The molecule has 1 atom stereocenters. The molecule has 1 saturated carbocycles. The highest BCUT2D eigenvalue weighted by Crippen LogP contribution is 2.21. The first-order valence-electron chi connectivity index (χ1n) is 5.22. The van der Waals surface area contributed by atoms with Crippen LogP contribution in [0.15, 0.2) is 0 Å². The molecule has 13 heavy (non-hydrogen) atoms. The van der Waals surface area contributed by atoms with Gasteiger partial charge in [-0.1, -0.05) is 26.2 Å². The minimum Gasteiger partial charge on any atom is -0.355 e. The lowest BCUT2D eigenvalue weighted by Gasteiger charge is -2.26. The average Bonchev–Trinajstić information content (AvgIpc) is 2.19. The standard InChI is InChI=1S/C10H19NO2/c1-2-10(11-8-12)13-9-6-4-3-5-7-9/h8-10H,2-7H2,1H3,(H,11,12). The number of hydrogen-bond acceptors (Lipinski definition) is 2. The van der Waals surface area contributed by atoms with Crippen molar-refractivity contribution in [3.05, 3.63) is 0 Å². The molecule has 0 aromatic carbocycles. The fraction of sp³-hybridized carbons (Fsp3) is 0.900. The third kappa shape index (κ3) is 3.77. The third-order valence-corrected chi connectivity index (χ3v) is 2.53. The molecule has 0 bridgehead atoms. The van der Waals surface area contributed by atoms with Gasteiger partial charge in [0.1, 0.15) is 6.23 Å². The number of carbonyl (C=O) groups excluding carboxylic acids is 1. The van der Waals surface area contributed by atoms with Gasteiger partial charge in [0.25, 0.3) is 0 Å². The van der Waals surface area contributed by atoms with Crippen molar-refractivity contribution in [2.24, 2.45) is 0 Å². The van der Waals surface area contributed by atoms with E-state index in [2.05, 4.69) is 5.32 Å². The van der Waals surface area contributed by atoms with E-state index in [1.54, 1.807) is 0 Å². The van der Waals surface area contributed by atoms with Gasteiger partial charge in [-0.2, -0.15) is 0 Å². The third-order valence-electron chi connectivity index (χ3n) is 2.53. The Morgan fingerprint density at radius 1 is 1.46 bits per heavy atom. The monoisotopic (exact) mass is 185 g/mol. The fourth-order valence-corrected chi connectivity index (χ4v) is 1.76. The molecule has 0 spiro atoms. The Kier molecular flexibility index (Phi) is 4.83. The zero-order valence-electron chi connectivity index (χ0n) is 8.29. The van der Waals surface area contributed by atoms with E-state index >= 15 is 0 Å². The Balaban J connectivity index is 2.22. The Labute approximate surface area is 79.8 Å². The van der Waals surface area contributed by atoms with Crippen LogP contribution in [0.4, 0.5) is 0 Å². The second-order valence-corrected chi connectivity index (χ2v) is 3.58. The van der Waals surface area contributed by atoms with Crippen molar-refractivity contribution >= 4 is 6.41 Å². The molecule has 1 N–H and O–H groups in total. The van der Waals surface area contributed by atoms with Crippen LogP contribution in [-0.2, 0) is 9.53 Å². The van der Waals surface area contributed by atoms with Crippen LogP contribution in [0.5, 0.6) is 0 Å². The molecule has 76 valence electrons. The molecule has 0 aliphatic heterocycles. The second-order valence-electron chi connectivity index (χ2n) is 3.58. The molecule has 0 aromatic rings. The molecule has 0 heterocycles. The summed E-state index contributed by atoms with van der Waals surface area (Å²) >= 11 is 0. The summed E-state index contributed by atoms with van der Waals surface area (Å²) in [5, 5.41) is 2.68. The maximum Gasteiger partial charge on any atom is 0.209 e. The van der Waals surface area contributed by atoms with Gasteiger partial charge in [-0.15, -0.1) is 0 Å². The quantitative estimate of drug-likeness (QED) is 0.524. The van der Waals surface area contributed by atoms with Crippen molar-refractivity contribution < 1.29 is 9.53 Å². The van der Waals surface area contributed by atoms with Gasteiger partial charge in [-0.05, 0) is 19.3 Å². The molecule has 1 rings (SSSR count). The van der Waals surface area contributed by atoms with Crippen molar-refractivity contribution in [2.45, 2.75) is 57.8 Å². The minimum absolute atomic E-state index is 0.0828. The summed E-state index contributed by atoms with van der Waals surface area (Å²) in [5.41, 5.74) is 0. The van der Waals surface area contributed by atoms with Gasteiger partial charge in [-0.25, -0.2) is 0 Å². The molecule has 1 aliphatic carbocycles. The first-order chi connectivity index (χ1) is 6.36. The number of rotatable bonds is 5. The van der Waals surface area contributed by atoms with E-state index in [0.717, 1.165) is 25.7 Å². The largest absolute Gasteiger partial charge is 0.355 e. The van der Waals surface area contributed by atoms with Crippen LogP contribution in [0.2, 0.25) is 0 Å². The topological polar surface area (TPSA) is 38.3 Å². The lowest BCUT2D eigenvalue weighted by Crippen LogP contribution is -2.34. The SMILES string of the molecule is CCC(NC=O)OC1CCCCC1. The molecule has 0 aromatic heterocycles. The molecular weight excluding hydrogens is 166 g/mol. The van der Waals surface area contributed by atoms with E-state index in [1.807, 2.05) is 6.92 Å². The summed E-state index contributed by atoms with van der Waals surface area (Å²) in [6, 6.07) is 0. The Hall–Kier alpha value is -0.570. The number of nitrogens with one attached hydrogen (secondary N) is 1. The first-order valence-corrected chi connectivity index (χ1v) is 5.22. The highest BCUT2D eigenvalue weighted by molar-refractivity contribution is 5.46. The lowest BCUT2D eigenvalue weighted by atomic mass is 9.98. The van der Waals surface area contributed by atoms with E-state index in [-0.39, 0.29) is 6.23 Å². The van der Waals surface area contributed by atoms with Gasteiger partial charge in [-0.3, -0.25) is 4.79 Å². The summed E-state index contributed by atoms with van der Waals surface area (Å²) in [6.07, 6.45) is 8.01. The van der Waals surface area contributed by atoms with Crippen molar-refractivity contribution in [1.82, 2.24) is 5.32 Å². The minimum atomic E-state index is -0.0828. The number of carbonyl (C=O) groups is 1. The van der Waals surface area contributed by atoms with E-state index in [0.29, 0.717) is 6.10 Å². The smallest absolute Gasteiger partial charge is 0.209 e. The van der Waals surface area contributed by atoms with Gasteiger partial charge < -0.3 is 10.1 Å². The lowest BCUT2D eigenvalue weighted by molar-refractivity contribution is -0.116. The van der Waals surface area contributed by atoms with Gasteiger partial charge in [0.15, 0.2) is 0 Å². The van der Waals surface area contributed by atoms with Gasteiger partial charge >= 0.3 is 0 Å². The molecule has 1 aliphatic rings. The predicted octanol–water partition coefficient (Wildman–Crippen LogP) is 1.82. The van der Waals surface area contributed by atoms with E-state index in [1.165, 1.54) is 19.3 Å². The molecule has 0 radical (unpaired) electrons. The van der Waals surface area contributed by atoms with Crippen molar-refractivity contribution in [3.8, 4) is 0 Å². The molecular formula is C10H19NO2. The maximum absolute atomic E-state index is 10.2. The summed E-state index contributed by atoms with van der Waals surface area (Å²) in [7, 11) is 0. The number of hydrogen-bond donors (Lipinski definition) is 1. The van der Waals surface area contributed by atoms with Crippen molar-refractivity contribution in [1.29, 1.82) is 0 Å². The Bertz CT molecular complexity index is 144. The van der Waals surface area contributed by atoms with Crippen LogP contribution in [0.25, 0.3) is 0 Å². The van der Waals surface area contributed by atoms with Gasteiger partial charge in [0.2, 0.25) is 6.41 Å². The summed E-state index contributed by atoms with van der Waals surface area (Å²) in [4.78, 5) is 10.2. The highest BCUT2D eigenvalue weighted by Gasteiger charge is 2.17. The fourth-order valence-electron chi connectivity index (χ4n) is 1.76. The van der Waals surface area contributed by atoms with Crippen LogP contribution in [0.1, 0.15) is 45.4 Å². The molecule has 1 amide bonds. The Morgan fingerprint density at radius 2 is 2.15 bits per heavy atom. The van der Waals surface area contributed by atoms with Crippen LogP contribution >= 0.6 is 0 Å². The molecule has 0 saturated heterocycles. The van der Waals surface area contributed by atoms with Gasteiger partial charge in [0.05, 0.1) is 6.10 Å². The zero-order valence-corrected chi connectivity index (χ0v) is 8.29. The van der Waals surface area contributed by atoms with Crippen LogP contribution in [0, 0.1) is 0 Å². The normalized spacial score (nSPS) is 21.0. The molecule has 3 heteroatoms.